The second-order valence-electron chi connectivity index (χ2n) is 10.6. The molecule has 0 fully saturated rings. The minimum Gasteiger partial charge on any atom is -0.310 e. The second-order valence-corrected chi connectivity index (χ2v) is 10.6. The minimum atomic E-state index is 0.799. The predicted octanol–water partition coefficient (Wildman–Crippen LogP) is 10.2. The first kappa shape index (κ1) is 24.2. The van der Waals surface area contributed by atoms with Gasteiger partial charge in [-0.05, 0) is 85.4 Å². The van der Waals surface area contributed by atoms with Gasteiger partial charge in [0.25, 0.3) is 0 Å². The van der Waals surface area contributed by atoms with E-state index in [0.29, 0.717) is 0 Å². The van der Waals surface area contributed by atoms with Crippen molar-refractivity contribution < 1.29 is 0 Å². The number of hydrogen-bond acceptors (Lipinski definition) is 0. The van der Waals surface area contributed by atoms with Gasteiger partial charge in [-0.1, -0.05) is 85.0 Å². The molecular formula is C38H32N2. The highest BCUT2D eigenvalue weighted by Crippen LogP contribution is 2.36. The maximum atomic E-state index is 3.99. The highest BCUT2D eigenvalue weighted by molar-refractivity contribution is 6.10. The van der Waals surface area contributed by atoms with Gasteiger partial charge in [-0.15, -0.1) is 6.58 Å². The molecule has 7 rings (SSSR count). The fourth-order valence-electron chi connectivity index (χ4n) is 6.28. The Kier molecular flexibility index (Phi) is 6.09. The van der Waals surface area contributed by atoms with Crippen LogP contribution in [-0.2, 0) is 6.42 Å². The van der Waals surface area contributed by atoms with Crippen molar-refractivity contribution in [2.45, 2.75) is 26.2 Å². The van der Waals surface area contributed by atoms with Crippen LogP contribution in [0.5, 0.6) is 0 Å². The lowest BCUT2D eigenvalue weighted by Crippen LogP contribution is -2.01. The van der Waals surface area contributed by atoms with Crippen LogP contribution in [-0.4, -0.2) is 9.13 Å². The summed E-state index contributed by atoms with van der Waals surface area (Å²) in [6.45, 7) is 6.21. The van der Waals surface area contributed by atoms with Crippen molar-refractivity contribution in [3.05, 3.63) is 145 Å². The first-order valence-corrected chi connectivity index (χ1v) is 14.1. The maximum absolute atomic E-state index is 3.99. The van der Waals surface area contributed by atoms with E-state index in [9.17, 15) is 0 Å². The topological polar surface area (TPSA) is 9.86 Å². The molecule has 2 nitrogen and oxygen atoms in total. The van der Waals surface area contributed by atoms with Crippen LogP contribution in [0.3, 0.4) is 0 Å². The van der Waals surface area contributed by atoms with Crippen LogP contribution >= 0.6 is 0 Å². The molecule has 0 atom stereocenters. The molecule has 0 unspecified atom stereocenters. The zero-order chi connectivity index (χ0) is 27.1. The molecule has 0 saturated heterocycles. The molecule has 194 valence electrons. The number of allylic oxidation sites excluding steroid dienone is 6. The molecule has 1 aliphatic rings. The molecule has 2 heterocycles. The maximum Gasteiger partial charge on any atom is 0.0540 e. The van der Waals surface area contributed by atoms with Gasteiger partial charge in [0.15, 0.2) is 0 Å². The molecule has 0 amide bonds. The monoisotopic (exact) mass is 516 g/mol. The third kappa shape index (κ3) is 3.96. The fourth-order valence-corrected chi connectivity index (χ4v) is 6.28. The fraction of sp³-hybridized carbons (Fsp3) is 0.105. The number of fused-ring (bicyclic) bond motifs is 6. The number of hydrogen-bond donors (Lipinski definition) is 0. The van der Waals surface area contributed by atoms with Gasteiger partial charge < -0.3 is 9.13 Å². The largest absolute Gasteiger partial charge is 0.310 e. The van der Waals surface area contributed by atoms with E-state index in [-0.39, 0.29) is 0 Å². The number of aryl methyl sites for hydroxylation is 1. The van der Waals surface area contributed by atoms with E-state index in [4.69, 9.17) is 0 Å². The summed E-state index contributed by atoms with van der Waals surface area (Å²) >= 11 is 0. The molecular weight excluding hydrogens is 484 g/mol. The third-order valence-electron chi connectivity index (χ3n) is 8.11. The summed E-state index contributed by atoms with van der Waals surface area (Å²) in [5, 5.41) is 3.90. The number of aromatic nitrogens is 2. The van der Waals surface area contributed by atoms with Gasteiger partial charge in [0, 0.05) is 33.2 Å². The summed E-state index contributed by atoms with van der Waals surface area (Å²) in [7, 11) is 0. The van der Waals surface area contributed by atoms with Crippen molar-refractivity contribution in [2.24, 2.45) is 0 Å². The molecule has 0 spiro atoms. The van der Waals surface area contributed by atoms with Crippen molar-refractivity contribution in [1.29, 1.82) is 0 Å². The van der Waals surface area contributed by atoms with Crippen LogP contribution in [0.15, 0.2) is 128 Å². The molecule has 6 aromatic rings. The number of nitrogens with zero attached hydrogens (tertiary/aromatic N) is 2. The van der Waals surface area contributed by atoms with Crippen molar-refractivity contribution in [1.82, 2.24) is 9.13 Å². The van der Waals surface area contributed by atoms with Gasteiger partial charge in [-0.2, -0.15) is 0 Å². The third-order valence-corrected chi connectivity index (χ3v) is 8.11. The predicted molar refractivity (Wildman–Crippen MR) is 173 cm³/mol. The zero-order valence-corrected chi connectivity index (χ0v) is 22.8. The van der Waals surface area contributed by atoms with Gasteiger partial charge in [0.1, 0.15) is 0 Å². The van der Waals surface area contributed by atoms with Crippen LogP contribution in [0.1, 0.15) is 36.6 Å². The summed E-state index contributed by atoms with van der Waals surface area (Å²) < 4.78 is 4.82. The molecule has 2 heteroatoms. The molecule has 0 saturated carbocycles. The average Bonchev–Trinajstić information content (AvgIpc) is 3.52. The Bertz CT molecular complexity index is 1950. The quantitative estimate of drug-likeness (QED) is 0.154. The van der Waals surface area contributed by atoms with Crippen LogP contribution in [0, 0.1) is 0 Å². The van der Waals surface area contributed by atoms with E-state index >= 15 is 0 Å². The van der Waals surface area contributed by atoms with Gasteiger partial charge >= 0.3 is 0 Å². The van der Waals surface area contributed by atoms with E-state index in [1.807, 2.05) is 6.08 Å². The van der Waals surface area contributed by atoms with E-state index in [1.165, 1.54) is 60.8 Å². The van der Waals surface area contributed by atoms with Gasteiger partial charge in [0.05, 0.1) is 16.6 Å². The standard InChI is InChI=1S/C38H32N2/c1-3-4-15-29(39-35-21-9-5-17-31(35)32-18-6-10-22-36(32)39)25-27(2)28-14-13-16-30(26-28)40-37-23-11-7-19-33(37)34-20-8-12-24-38(34)40/h3,5-7,9-19,21-26H,1,4,8,20H2,2H3/b27-25+,29-15+. The molecule has 0 bridgehead atoms. The Morgan fingerprint density at radius 3 is 2.20 bits per heavy atom. The van der Waals surface area contributed by atoms with E-state index in [0.717, 1.165) is 25.0 Å². The van der Waals surface area contributed by atoms with Gasteiger partial charge in [-0.25, -0.2) is 0 Å². The number of para-hydroxylation sites is 3. The normalized spacial score (nSPS) is 13.8. The highest BCUT2D eigenvalue weighted by atomic mass is 15.0. The summed E-state index contributed by atoms with van der Waals surface area (Å²) in [6, 6.07) is 35.1. The highest BCUT2D eigenvalue weighted by Gasteiger charge is 2.18. The van der Waals surface area contributed by atoms with Crippen LogP contribution in [0.2, 0.25) is 0 Å². The lowest BCUT2D eigenvalue weighted by Gasteiger charge is -2.14. The molecule has 4 aromatic carbocycles. The SMILES string of the molecule is C=CC/C=C(\C=C(/C)c1cccc(-n2c3c(c4ccccc42)CCC=C3)c1)n1c2ccccc2c2ccccc21. The van der Waals surface area contributed by atoms with Crippen molar-refractivity contribution in [2.75, 3.05) is 0 Å². The first-order chi connectivity index (χ1) is 19.7. The Labute approximate surface area is 235 Å². The Morgan fingerprint density at radius 2 is 1.48 bits per heavy atom. The van der Waals surface area contributed by atoms with E-state index in [2.05, 4.69) is 144 Å². The second kappa shape index (κ2) is 10.1. The average molecular weight is 517 g/mol. The Hall–Kier alpha value is -4.82. The Balaban J connectivity index is 1.38. The van der Waals surface area contributed by atoms with Crippen LogP contribution < -0.4 is 0 Å². The first-order valence-electron chi connectivity index (χ1n) is 14.1. The molecule has 0 aliphatic heterocycles. The molecule has 2 aromatic heterocycles. The minimum absolute atomic E-state index is 0.799. The molecule has 0 radical (unpaired) electrons. The van der Waals surface area contributed by atoms with Crippen molar-refractivity contribution >= 4 is 50.1 Å². The number of rotatable bonds is 6. The van der Waals surface area contributed by atoms with Crippen LogP contribution in [0.25, 0.3) is 55.7 Å². The van der Waals surface area contributed by atoms with Crippen molar-refractivity contribution in [3.8, 4) is 5.69 Å². The summed E-state index contributed by atoms with van der Waals surface area (Å²) in [5.41, 5.74) is 11.3. The van der Waals surface area contributed by atoms with Gasteiger partial charge in [-0.3, -0.25) is 0 Å². The zero-order valence-electron chi connectivity index (χ0n) is 22.8. The molecule has 0 N–H and O–H groups in total. The van der Waals surface area contributed by atoms with E-state index in [1.54, 1.807) is 0 Å². The van der Waals surface area contributed by atoms with E-state index < -0.39 is 0 Å². The lowest BCUT2D eigenvalue weighted by molar-refractivity contribution is 0.967. The smallest absolute Gasteiger partial charge is 0.0540 e. The summed E-state index contributed by atoms with van der Waals surface area (Å²) in [4.78, 5) is 0. The summed E-state index contributed by atoms with van der Waals surface area (Å²) in [6.07, 6.45) is 14.2. The van der Waals surface area contributed by atoms with Crippen molar-refractivity contribution in [3.63, 3.8) is 0 Å². The number of benzene rings is 4. The summed E-state index contributed by atoms with van der Waals surface area (Å²) in [5.74, 6) is 0. The molecule has 1 aliphatic carbocycles. The van der Waals surface area contributed by atoms with Crippen LogP contribution in [0.4, 0.5) is 0 Å². The van der Waals surface area contributed by atoms with Gasteiger partial charge in [0.2, 0.25) is 0 Å². The lowest BCUT2D eigenvalue weighted by atomic mass is 10.0. The molecule has 40 heavy (non-hydrogen) atoms. The Morgan fingerprint density at radius 1 is 0.800 bits per heavy atom.